The van der Waals surface area contributed by atoms with Crippen molar-refractivity contribution in [1.82, 2.24) is 15.3 Å². The second-order valence-electron chi connectivity index (χ2n) is 5.71. The van der Waals surface area contributed by atoms with E-state index in [-0.39, 0.29) is 12.6 Å². The molecule has 6 heteroatoms. The van der Waals surface area contributed by atoms with Crippen LogP contribution in [0, 0.1) is 6.92 Å². The van der Waals surface area contributed by atoms with Crippen molar-refractivity contribution >= 4 is 23.5 Å². The standard InChI is InChI=1S/C17H21N5O/c1-11-3-6-19-15(7-11)21-16-8-13-4-5-18-9-14(13)17(22-16)20-12(2)10-23/h3-8,12,18,23H,9-10H2,1-2H3,(H2,19,20,21,22)/t12-/m0/s1. The van der Waals surface area contributed by atoms with Gasteiger partial charge in [0.1, 0.15) is 17.5 Å². The van der Waals surface area contributed by atoms with Crippen LogP contribution in [0.5, 0.6) is 0 Å². The highest BCUT2D eigenvalue weighted by molar-refractivity contribution is 5.69. The summed E-state index contributed by atoms with van der Waals surface area (Å²) in [6.45, 7) is 4.71. The maximum Gasteiger partial charge on any atom is 0.134 e. The summed E-state index contributed by atoms with van der Waals surface area (Å²) >= 11 is 0. The highest BCUT2D eigenvalue weighted by atomic mass is 16.3. The molecule has 1 aliphatic heterocycles. The van der Waals surface area contributed by atoms with Crippen LogP contribution < -0.4 is 16.0 Å². The van der Waals surface area contributed by atoms with Crippen molar-refractivity contribution in [3.8, 4) is 0 Å². The van der Waals surface area contributed by atoms with Gasteiger partial charge in [0.25, 0.3) is 0 Å². The molecule has 0 radical (unpaired) electrons. The Morgan fingerprint density at radius 1 is 1.35 bits per heavy atom. The summed E-state index contributed by atoms with van der Waals surface area (Å²) in [4.78, 5) is 8.96. The fourth-order valence-electron chi connectivity index (χ4n) is 2.43. The zero-order valence-corrected chi connectivity index (χ0v) is 13.3. The largest absolute Gasteiger partial charge is 0.394 e. The summed E-state index contributed by atoms with van der Waals surface area (Å²) in [5.74, 6) is 2.26. The molecule has 2 aromatic heterocycles. The Hall–Kier alpha value is -2.60. The number of aliphatic hydroxyl groups excluding tert-OH is 1. The number of rotatable bonds is 5. The van der Waals surface area contributed by atoms with Gasteiger partial charge >= 0.3 is 0 Å². The summed E-state index contributed by atoms with van der Waals surface area (Å²) in [5, 5.41) is 19.0. The van der Waals surface area contributed by atoms with Gasteiger partial charge in [0.2, 0.25) is 0 Å². The maximum absolute atomic E-state index is 9.29. The Kier molecular flexibility index (Phi) is 4.43. The molecule has 0 amide bonds. The molecule has 0 unspecified atom stereocenters. The number of nitrogens with zero attached hydrogens (tertiary/aromatic N) is 2. The van der Waals surface area contributed by atoms with Crippen molar-refractivity contribution in [1.29, 1.82) is 0 Å². The maximum atomic E-state index is 9.29. The summed E-state index contributed by atoms with van der Waals surface area (Å²) in [5.41, 5.74) is 3.33. The van der Waals surface area contributed by atoms with Crippen LogP contribution in [0.2, 0.25) is 0 Å². The van der Waals surface area contributed by atoms with Gasteiger partial charge in [0, 0.05) is 24.3 Å². The molecule has 0 aromatic carbocycles. The quantitative estimate of drug-likeness (QED) is 0.679. The SMILES string of the molecule is Cc1ccnc(Nc2cc3c(c(N[C@@H](C)CO)n2)CNC=C3)c1. The molecule has 0 aliphatic carbocycles. The molecule has 6 nitrogen and oxygen atoms in total. The lowest BCUT2D eigenvalue weighted by Gasteiger charge is -2.21. The molecule has 0 saturated heterocycles. The van der Waals surface area contributed by atoms with Gasteiger partial charge in [-0.25, -0.2) is 9.97 Å². The van der Waals surface area contributed by atoms with E-state index in [1.54, 1.807) is 6.20 Å². The first-order valence-electron chi connectivity index (χ1n) is 7.66. The molecule has 3 heterocycles. The molecule has 3 rings (SSSR count). The molecule has 0 bridgehead atoms. The second kappa shape index (κ2) is 6.66. The molecular formula is C17H21N5O. The fourth-order valence-corrected chi connectivity index (χ4v) is 2.43. The van der Waals surface area contributed by atoms with Gasteiger partial charge < -0.3 is 21.1 Å². The lowest BCUT2D eigenvalue weighted by Crippen LogP contribution is -2.23. The predicted octanol–water partition coefficient (Wildman–Crippen LogP) is 2.40. The third-order valence-corrected chi connectivity index (χ3v) is 3.65. The number of fused-ring (bicyclic) bond motifs is 1. The third kappa shape index (κ3) is 3.60. The van der Waals surface area contributed by atoms with Crippen LogP contribution in [0.4, 0.5) is 17.5 Å². The first-order valence-corrected chi connectivity index (χ1v) is 7.66. The topological polar surface area (TPSA) is 82.1 Å². The lowest BCUT2D eigenvalue weighted by molar-refractivity contribution is 0.281. The average Bonchev–Trinajstić information content (AvgIpc) is 2.55. The number of aromatic nitrogens is 2. The van der Waals surface area contributed by atoms with E-state index in [4.69, 9.17) is 0 Å². The van der Waals surface area contributed by atoms with E-state index >= 15 is 0 Å². The van der Waals surface area contributed by atoms with E-state index in [1.807, 2.05) is 44.3 Å². The minimum absolute atomic E-state index is 0.0524. The minimum Gasteiger partial charge on any atom is -0.394 e. The normalized spacial score (nSPS) is 13.9. The van der Waals surface area contributed by atoms with Gasteiger partial charge in [0.05, 0.1) is 6.61 Å². The van der Waals surface area contributed by atoms with E-state index in [2.05, 4.69) is 25.9 Å². The van der Waals surface area contributed by atoms with Gasteiger partial charge in [-0.2, -0.15) is 0 Å². The second-order valence-corrected chi connectivity index (χ2v) is 5.71. The zero-order valence-electron chi connectivity index (χ0n) is 13.3. The van der Waals surface area contributed by atoms with Crippen LogP contribution in [0.1, 0.15) is 23.6 Å². The first-order chi connectivity index (χ1) is 11.2. The third-order valence-electron chi connectivity index (χ3n) is 3.65. The van der Waals surface area contributed by atoms with Crippen molar-refractivity contribution in [2.75, 3.05) is 17.2 Å². The van der Waals surface area contributed by atoms with E-state index < -0.39 is 0 Å². The molecular weight excluding hydrogens is 290 g/mol. The molecule has 1 atom stereocenters. The Morgan fingerprint density at radius 3 is 3.00 bits per heavy atom. The highest BCUT2D eigenvalue weighted by Crippen LogP contribution is 2.27. The van der Waals surface area contributed by atoms with Gasteiger partial charge in [-0.05, 0) is 55.4 Å². The number of nitrogens with one attached hydrogen (secondary N) is 3. The van der Waals surface area contributed by atoms with Crippen LogP contribution in [0.3, 0.4) is 0 Å². The fraction of sp³-hybridized carbons (Fsp3) is 0.294. The van der Waals surface area contributed by atoms with Crippen LogP contribution >= 0.6 is 0 Å². The van der Waals surface area contributed by atoms with Crippen molar-refractivity contribution < 1.29 is 5.11 Å². The molecule has 2 aromatic rings. The predicted molar refractivity (Wildman–Crippen MR) is 92.5 cm³/mol. The number of hydrogen-bond donors (Lipinski definition) is 4. The van der Waals surface area contributed by atoms with Gasteiger partial charge in [-0.1, -0.05) is 0 Å². The number of aliphatic hydroxyl groups is 1. The Labute approximate surface area is 135 Å². The first kappa shape index (κ1) is 15.3. The van der Waals surface area contributed by atoms with E-state index in [0.717, 1.165) is 34.1 Å². The molecule has 0 fully saturated rings. The van der Waals surface area contributed by atoms with Crippen LogP contribution in [-0.2, 0) is 6.54 Å². The lowest BCUT2D eigenvalue weighted by atomic mass is 10.1. The van der Waals surface area contributed by atoms with Crippen molar-refractivity contribution in [3.63, 3.8) is 0 Å². The van der Waals surface area contributed by atoms with Crippen molar-refractivity contribution in [3.05, 3.63) is 47.3 Å². The zero-order chi connectivity index (χ0) is 16.2. The van der Waals surface area contributed by atoms with Crippen LogP contribution in [-0.4, -0.2) is 27.7 Å². The number of aryl methyl sites for hydroxylation is 1. The Bertz CT molecular complexity index is 729. The van der Waals surface area contributed by atoms with Gasteiger partial charge in [-0.3, -0.25) is 0 Å². The monoisotopic (exact) mass is 311 g/mol. The molecule has 0 spiro atoms. The Balaban J connectivity index is 1.94. The smallest absolute Gasteiger partial charge is 0.134 e. The number of pyridine rings is 2. The summed E-state index contributed by atoms with van der Waals surface area (Å²) in [7, 11) is 0. The summed E-state index contributed by atoms with van der Waals surface area (Å²) in [6, 6.07) is 5.87. The van der Waals surface area contributed by atoms with Crippen LogP contribution in [0.15, 0.2) is 30.6 Å². The minimum atomic E-state index is -0.0650. The molecule has 0 saturated carbocycles. The molecule has 1 aliphatic rings. The number of hydrogen-bond acceptors (Lipinski definition) is 6. The average molecular weight is 311 g/mol. The summed E-state index contributed by atoms with van der Waals surface area (Å²) < 4.78 is 0. The molecule has 23 heavy (non-hydrogen) atoms. The van der Waals surface area contributed by atoms with E-state index in [0.29, 0.717) is 6.54 Å². The summed E-state index contributed by atoms with van der Waals surface area (Å²) in [6.07, 6.45) is 5.72. The molecule has 4 N–H and O–H groups in total. The van der Waals surface area contributed by atoms with Gasteiger partial charge in [-0.15, -0.1) is 0 Å². The van der Waals surface area contributed by atoms with Crippen molar-refractivity contribution in [2.24, 2.45) is 0 Å². The van der Waals surface area contributed by atoms with Crippen molar-refractivity contribution in [2.45, 2.75) is 26.4 Å². The highest BCUT2D eigenvalue weighted by Gasteiger charge is 2.15. The van der Waals surface area contributed by atoms with Gasteiger partial charge in [0.15, 0.2) is 0 Å². The number of anilines is 3. The van der Waals surface area contributed by atoms with E-state index in [9.17, 15) is 5.11 Å². The molecule has 120 valence electrons. The Morgan fingerprint density at radius 2 is 2.22 bits per heavy atom. The van der Waals surface area contributed by atoms with E-state index in [1.165, 1.54) is 0 Å². The van der Waals surface area contributed by atoms with Crippen LogP contribution in [0.25, 0.3) is 6.08 Å².